The fraction of sp³-hybridized carbons (Fsp3) is 0.133. The molecule has 0 atom stereocenters. The SMILES string of the molecule is Cc1ccc(N)cc1S(=O)(=O)Cc1cc(F)cc(C#N)c1. The van der Waals surface area contributed by atoms with Gasteiger partial charge in [-0.25, -0.2) is 12.8 Å². The molecular formula is C15H13FN2O2S. The molecule has 2 aromatic carbocycles. The Balaban J connectivity index is 2.45. The molecule has 0 amide bonds. The summed E-state index contributed by atoms with van der Waals surface area (Å²) in [6, 6.07) is 9.95. The van der Waals surface area contributed by atoms with Gasteiger partial charge in [-0.2, -0.15) is 5.26 Å². The number of rotatable bonds is 3. The van der Waals surface area contributed by atoms with Crippen molar-refractivity contribution in [2.24, 2.45) is 0 Å². The molecule has 0 aliphatic carbocycles. The average Bonchev–Trinajstić information content (AvgIpc) is 2.40. The Morgan fingerprint density at radius 3 is 2.62 bits per heavy atom. The molecule has 0 aliphatic heterocycles. The van der Waals surface area contributed by atoms with Crippen LogP contribution in [0, 0.1) is 24.1 Å². The molecule has 0 unspecified atom stereocenters. The summed E-state index contributed by atoms with van der Waals surface area (Å²) in [7, 11) is -3.66. The van der Waals surface area contributed by atoms with Crippen LogP contribution in [0.3, 0.4) is 0 Å². The Morgan fingerprint density at radius 1 is 1.24 bits per heavy atom. The number of nitrogens with zero attached hydrogens (tertiary/aromatic N) is 1. The molecule has 0 heterocycles. The van der Waals surface area contributed by atoms with Crippen molar-refractivity contribution in [1.29, 1.82) is 5.26 Å². The van der Waals surface area contributed by atoms with Crippen LogP contribution in [0.4, 0.5) is 10.1 Å². The number of sulfone groups is 1. The third kappa shape index (κ3) is 3.38. The Hall–Kier alpha value is -2.39. The maximum Gasteiger partial charge on any atom is 0.182 e. The standard InChI is InChI=1S/C15H13FN2O2S/c1-10-2-3-14(18)7-15(10)21(19,20)9-12-4-11(8-17)5-13(16)6-12/h2-7H,9,18H2,1H3. The first-order chi connectivity index (χ1) is 9.81. The summed E-state index contributed by atoms with van der Waals surface area (Å²) in [6.07, 6.45) is 0. The fourth-order valence-electron chi connectivity index (χ4n) is 2.05. The normalized spacial score (nSPS) is 11.1. The zero-order valence-corrected chi connectivity index (χ0v) is 12.1. The van der Waals surface area contributed by atoms with Crippen molar-refractivity contribution in [3.8, 4) is 6.07 Å². The molecule has 0 aromatic heterocycles. The van der Waals surface area contributed by atoms with E-state index in [9.17, 15) is 12.8 Å². The van der Waals surface area contributed by atoms with Gasteiger partial charge in [-0.05, 0) is 48.4 Å². The summed E-state index contributed by atoms with van der Waals surface area (Å²) in [5, 5.41) is 8.80. The summed E-state index contributed by atoms with van der Waals surface area (Å²) < 4.78 is 38.2. The van der Waals surface area contributed by atoms with Crippen molar-refractivity contribution < 1.29 is 12.8 Å². The first kappa shape index (κ1) is 15.0. The maximum atomic E-state index is 13.4. The van der Waals surface area contributed by atoms with Gasteiger partial charge in [0.25, 0.3) is 0 Å². The molecule has 0 aliphatic rings. The van der Waals surface area contributed by atoms with Crippen molar-refractivity contribution in [3.63, 3.8) is 0 Å². The topological polar surface area (TPSA) is 84.0 Å². The van der Waals surface area contributed by atoms with E-state index in [4.69, 9.17) is 11.0 Å². The summed E-state index contributed by atoms with van der Waals surface area (Å²) in [6.45, 7) is 1.67. The van der Waals surface area contributed by atoms with Gasteiger partial charge in [0.2, 0.25) is 0 Å². The van der Waals surface area contributed by atoms with Gasteiger partial charge in [-0.15, -0.1) is 0 Å². The predicted octanol–water partition coefficient (Wildman–Crippen LogP) is 2.56. The molecule has 0 spiro atoms. The number of halogens is 1. The Bertz CT molecular complexity index is 839. The van der Waals surface area contributed by atoms with Crippen molar-refractivity contribution >= 4 is 15.5 Å². The van der Waals surface area contributed by atoms with Gasteiger partial charge in [-0.3, -0.25) is 0 Å². The van der Waals surface area contributed by atoms with Crippen LogP contribution >= 0.6 is 0 Å². The summed E-state index contributed by atoms with van der Waals surface area (Å²) in [5.74, 6) is -1.02. The van der Waals surface area contributed by atoms with E-state index in [1.165, 1.54) is 12.1 Å². The lowest BCUT2D eigenvalue weighted by Gasteiger charge is -2.09. The van der Waals surface area contributed by atoms with Crippen LogP contribution in [0.25, 0.3) is 0 Å². The molecule has 21 heavy (non-hydrogen) atoms. The lowest BCUT2D eigenvalue weighted by molar-refractivity contribution is 0.594. The Labute approximate surface area is 122 Å². The zero-order valence-electron chi connectivity index (χ0n) is 11.3. The monoisotopic (exact) mass is 304 g/mol. The molecule has 2 rings (SSSR count). The minimum absolute atomic E-state index is 0.0875. The van der Waals surface area contributed by atoms with Crippen LogP contribution in [-0.2, 0) is 15.6 Å². The highest BCUT2D eigenvalue weighted by Gasteiger charge is 2.19. The van der Waals surface area contributed by atoms with Crippen molar-refractivity contribution in [2.75, 3.05) is 5.73 Å². The lowest BCUT2D eigenvalue weighted by atomic mass is 10.1. The van der Waals surface area contributed by atoms with Crippen LogP contribution < -0.4 is 5.73 Å². The minimum atomic E-state index is -3.66. The van der Waals surface area contributed by atoms with E-state index in [-0.39, 0.29) is 21.8 Å². The molecule has 4 nitrogen and oxygen atoms in total. The van der Waals surface area contributed by atoms with Crippen molar-refractivity contribution in [1.82, 2.24) is 0 Å². The predicted molar refractivity (Wildman–Crippen MR) is 77.6 cm³/mol. The number of hydrogen-bond donors (Lipinski definition) is 1. The lowest BCUT2D eigenvalue weighted by Crippen LogP contribution is -2.08. The number of anilines is 1. The first-order valence-corrected chi connectivity index (χ1v) is 7.75. The zero-order chi connectivity index (χ0) is 15.6. The highest BCUT2D eigenvalue weighted by Crippen LogP contribution is 2.23. The van der Waals surface area contributed by atoms with Crippen LogP contribution in [0.1, 0.15) is 16.7 Å². The van der Waals surface area contributed by atoms with Crippen molar-refractivity contribution in [2.45, 2.75) is 17.6 Å². The summed E-state index contributed by atoms with van der Waals surface area (Å²) >= 11 is 0. The number of nitrogens with two attached hydrogens (primary N) is 1. The minimum Gasteiger partial charge on any atom is -0.399 e. The van der Waals surface area contributed by atoms with E-state index >= 15 is 0 Å². The number of benzene rings is 2. The largest absolute Gasteiger partial charge is 0.399 e. The highest BCUT2D eigenvalue weighted by molar-refractivity contribution is 7.90. The molecule has 6 heteroatoms. The van der Waals surface area contributed by atoms with Gasteiger partial charge in [0.15, 0.2) is 9.84 Å². The third-order valence-corrected chi connectivity index (χ3v) is 4.81. The fourth-order valence-corrected chi connectivity index (χ4v) is 3.68. The van der Waals surface area contributed by atoms with Gasteiger partial charge in [0.1, 0.15) is 5.82 Å². The summed E-state index contributed by atoms with van der Waals surface area (Å²) in [4.78, 5) is 0.116. The molecule has 108 valence electrons. The van der Waals surface area contributed by atoms with Gasteiger partial charge in [-0.1, -0.05) is 6.07 Å². The second kappa shape index (κ2) is 5.54. The Kier molecular flexibility index (Phi) is 3.96. The van der Waals surface area contributed by atoms with E-state index in [2.05, 4.69) is 0 Å². The molecular weight excluding hydrogens is 291 g/mol. The van der Waals surface area contributed by atoms with Gasteiger partial charge in [0, 0.05) is 5.69 Å². The second-order valence-electron chi connectivity index (χ2n) is 4.74. The van der Waals surface area contributed by atoms with Gasteiger partial charge in [0.05, 0.1) is 22.3 Å². The molecule has 0 radical (unpaired) electrons. The summed E-state index contributed by atoms with van der Waals surface area (Å²) in [5.41, 5.74) is 6.85. The van der Waals surface area contributed by atoms with Crippen LogP contribution in [0.2, 0.25) is 0 Å². The van der Waals surface area contributed by atoms with Crippen LogP contribution in [-0.4, -0.2) is 8.42 Å². The molecule has 0 fully saturated rings. The smallest absolute Gasteiger partial charge is 0.182 e. The quantitative estimate of drug-likeness (QED) is 0.883. The van der Waals surface area contributed by atoms with E-state index in [1.54, 1.807) is 25.1 Å². The van der Waals surface area contributed by atoms with E-state index < -0.39 is 15.7 Å². The molecule has 2 aromatic rings. The van der Waals surface area contributed by atoms with E-state index in [0.29, 0.717) is 11.3 Å². The number of nitriles is 1. The Morgan fingerprint density at radius 2 is 1.95 bits per heavy atom. The third-order valence-electron chi connectivity index (χ3n) is 2.99. The molecule has 0 saturated heterocycles. The van der Waals surface area contributed by atoms with Crippen molar-refractivity contribution in [3.05, 3.63) is 58.9 Å². The molecule has 0 bridgehead atoms. The average molecular weight is 304 g/mol. The van der Waals surface area contributed by atoms with Gasteiger partial charge >= 0.3 is 0 Å². The van der Waals surface area contributed by atoms with Crippen LogP contribution in [0.15, 0.2) is 41.3 Å². The number of nitrogen functional groups attached to an aromatic ring is 1. The second-order valence-corrected chi connectivity index (χ2v) is 6.70. The molecule has 2 N–H and O–H groups in total. The highest BCUT2D eigenvalue weighted by atomic mass is 32.2. The van der Waals surface area contributed by atoms with E-state index in [0.717, 1.165) is 12.1 Å². The molecule has 0 saturated carbocycles. The van der Waals surface area contributed by atoms with E-state index in [1.807, 2.05) is 0 Å². The first-order valence-electron chi connectivity index (χ1n) is 6.10. The number of hydrogen-bond acceptors (Lipinski definition) is 4. The maximum absolute atomic E-state index is 13.4. The number of aryl methyl sites for hydroxylation is 1. The van der Waals surface area contributed by atoms with Crippen LogP contribution in [0.5, 0.6) is 0 Å². The van der Waals surface area contributed by atoms with Gasteiger partial charge < -0.3 is 5.73 Å².